The predicted octanol–water partition coefficient (Wildman–Crippen LogP) is 6.75. The number of nitrogens with one attached hydrogen (secondary N) is 1. The normalized spacial score (nSPS) is 11.8. The smallest absolute Gasteiger partial charge is 0.264 e. The standard InChI is InChI=1S/C35H37Cl2N3O5S/c1-3-4-21-38-35(42)32(22-26-11-7-5-8-12-26)39(24-27-15-17-28(36)18-16-27)34(41)25-40(31-23-29(37)19-20-33(31)45-2)46(43,44)30-13-9-6-10-14-30/h5-20,23,32H,3-4,21-22,24-25H2,1-2H3,(H,38,42)/t32-/m1/s1. The highest BCUT2D eigenvalue weighted by Crippen LogP contribution is 2.35. The van der Waals surface area contributed by atoms with Crippen molar-refractivity contribution in [3.8, 4) is 5.75 Å². The molecular formula is C35H37Cl2N3O5S. The highest BCUT2D eigenvalue weighted by atomic mass is 35.5. The Kier molecular flexibility index (Phi) is 12.5. The lowest BCUT2D eigenvalue weighted by Gasteiger charge is -2.34. The lowest BCUT2D eigenvalue weighted by Crippen LogP contribution is -2.53. The van der Waals surface area contributed by atoms with Crippen LogP contribution in [0.1, 0.15) is 30.9 Å². The number of rotatable bonds is 15. The topological polar surface area (TPSA) is 96.0 Å². The lowest BCUT2D eigenvalue weighted by molar-refractivity contribution is -0.140. The number of ether oxygens (including phenoxy) is 1. The van der Waals surface area contributed by atoms with E-state index in [0.717, 1.165) is 28.3 Å². The summed E-state index contributed by atoms with van der Waals surface area (Å²) in [5.41, 5.74) is 1.65. The molecule has 4 aromatic carbocycles. The van der Waals surface area contributed by atoms with Gasteiger partial charge in [-0.25, -0.2) is 8.42 Å². The number of carbonyl (C=O) groups excluding carboxylic acids is 2. The van der Waals surface area contributed by atoms with Gasteiger partial charge in [0.05, 0.1) is 17.7 Å². The summed E-state index contributed by atoms with van der Waals surface area (Å²) in [5, 5.41) is 3.76. The molecule has 0 fully saturated rings. The van der Waals surface area contributed by atoms with Gasteiger partial charge in [0.15, 0.2) is 0 Å². The minimum Gasteiger partial charge on any atom is -0.495 e. The number of halogens is 2. The van der Waals surface area contributed by atoms with Gasteiger partial charge in [-0.3, -0.25) is 13.9 Å². The molecule has 0 aliphatic heterocycles. The number of anilines is 1. The molecule has 2 amide bonds. The molecule has 8 nitrogen and oxygen atoms in total. The van der Waals surface area contributed by atoms with Crippen molar-refractivity contribution in [2.75, 3.05) is 24.5 Å². The Balaban J connectivity index is 1.82. The first kappa shape index (κ1) is 34.8. The molecule has 4 rings (SSSR count). The van der Waals surface area contributed by atoms with Crippen LogP contribution in [0.25, 0.3) is 0 Å². The summed E-state index contributed by atoms with van der Waals surface area (Å²) < 4.78 is 34.9. The zero-order valence-corrected chi connectivity index (χ0v) is 28.1. The van der Waals surface area contributed by atoms with Crippen molar-refractivity contribution in [2.24, 2.45) is 0 Å². The quantitative estimate of drug-likeness (QED) is 0.140. The van der Waals surface area contributed by atoms with Crippen LogP contribution in [-0.2, 0) is 32.6 Å². The van der Waals surface area contributed by atoms with Gasteiger partial charge in [-0.1, -0.05) is 97.2 Å². The van der Waals surface area contributed by atoms with E-state index < -0.39 is 28.5 Å². The number of benzene rings is 4. The molecule has 0 aromatic heterocycles. The van der Waals surface area contributed by atoms with Crippen LogP contribution in [-0.4, -0.2) is 51.4 Å². The number of amides is 2. The summed E-state index contributed by atoms with van der Waals surface area (Å²) in [6.45, 7) is 1.86. The van der Waals surface area contributed by atoms with E-state index in [0.29, 0.717) is 11.6 Å². The van der Waals surface area contributed by atoms with Gasteiger partial charge in [0, 0.05) is 29.6 Å². The largest absolute Gasteiger partial charge is 0.495 e. The Morgan fingerprint density at radius 3 is 2.11 bits per heavy atom. The Morgan fingerprint density at radius 1 is 0.848 bits per heavy atom. The van der Waals surface area contributed by atoms with Gasteiger partial charge < -0.3 is 15.0 Å². The van der Waals surface area contributed by atoms with Crippen LogP contribution in [0.4, 0.5) is 5.69 Å². The van der Waals surface area contributed by atoms with Gasteiger partial charge in [0.1, 0.15) is 18.3 Å². The van der Waals surface area contributed by atoms with Crippen LogP contribution in [0.2, 0.25) is 10.0 Å². The first-order chi connectivity index (χ1) is 22.1. The molecule has 242 valence electrons. The van der Waals surface area contributed by atoms with Crippen LogP contribution < -0.4 is 14.4 Å². The van der Waals surface area contributed by atoms with E-state index in [1.165, 1.54) is 30.2 Å². The third kappa shape index (κ3) is 9.02. The van der Waals surface area contributed by atoms with Gasteiger partial charge in [-0.15, -0.1) is 0 Å². The molecule has 0 bridgehead atoms. The second-order valence-corrected chi connectivity index (χ2v) is 13.4. The van der Waals surface area contributed by atoms with Gasteiger partial charge in [-0.05, 0) is 60.0 Å². The van der Waals surface area contributed by atoms with Crippen molar-refractivity contribution in [1.29, 1.82) is 0 Å². The summed E-state index contributed by atoms with van der Waals surface area (Å²) in [7, 11) is -2.90. The average molecular weight is 683 g/mol. The highest BCUT2D eigenvalue weighted by molar-refractivity contribution is 7.92. The maximum absolute atomic E-state index is 14.6. The molecule has 0 saturated carbocycles. The van der Waals surface area contributed by atoms with E-state index >= 15 is 0 Å². The average Bonchev–Trinajstić information content (AvgIpc) is 3.06. The molecule has 4 aromatic rings. The maximum atomic E-state index is 14.6. The van der Waals surface area contributed by atoms with Gasteiger partial charge >= 0.3 is 0 Å². The molecular weight excluding hydrogens is 645 g/mol. The predicted molar refractivity (Wildman–Crippen MR) is 183 cm³/mol. The first-order valence-electron chi connectivity index (χ1n) is 14.9. The fraction of sp³-hybridized carbons (Fsp3) is 0.257. The number of nitrogens with zero attached hydrogens (tertiary/aromatic N) is 2. The monoisotopic (exact) mass is 681 g/mol. The van der Waals surface area contributed by atoms with Gasteiger partial charge in [0.25, 0.3) is 10.0 Å². The summed E-state index contributed by atoms with van der Waals surface area (Å²) in [6, 6.07) is 27.8. The van der Waals surface area contributed by atoms with Crippen LogP contribution >= 0.6 is 23.2 Å². The van der Waals surface area contributed by atoms with Crippen molar-refractivity contribution in [1.82, 2.24) is 10.2 Å². The summed E-state index contributed by atoms with van der Waals surface area (Å²) in [6.07, 6.45) is 1.86. The molecule has 1 N–H and O–H groups in total. The van der Waals surface area contributed by atoms with Crippen LogP contribution in [0.3, 0.4) is 0 Å². The second-order valence-electron chi connectivity index (χ2n) is 10.6. The molecule has 46 heavy (non-hydrogen) atoms. The number of hydrogen-bond acceptors (Lipinski definition) is 5. The molecule has 1 atom stereocenters. The Morgan fingerprint density at radius 2 is 1.48 bits per heavy atom. The van der Waals surface area contributed by atoms with E-state index in [-0.39, 0.29) is 40.2 Å². The van der Waals surface area contributed by atoms with Gasteiger partial charge in [0.2, 0.25) is 11.8 Å². The molecule has 0 spiro atoms. The molecule has 0 radical (unpaired) electrons. The molecule has 11 heteroatoms. The van der Waals surface area contributed by atoms with E-state index in [9.17, 15) is 18.0 Å². The number of methoxy groups -OCH3 is 1. The third-order valence-electron chi connectivity index (χ3n) is 7.39. The first-order valence-corrected chi connectivity index (χ1v) is 17.1. The Bertz CT molecular complexity index is 1710. The number of sulfonamides is 1. The third-order valence-corrected chi connectivity index (χ3v) is 9.65. The number of unbranched alkanes of at least 4 members (excludes halogenated alkanes) is 1. The van der Waals surface area contributed by atoms with E-state index in [1.807, 2.05) is 37.3 Å². The van der Waals surface area contributed by atoms with Crippen molar-refractivity contribution in [3.05, 3.63) is 124 Å². The summed E-state index contributed by atoms with van der Waals surface area (Å²) in [5.74, 6) is -0.723. The van der Waals surface area contributed by atoms with E-state index in [4.69, 9.17) is 27.9 Å². The van der Waals surface area contributed by atoms with E-state index in [2.05, 4.69) is 5.32 Å². The fourth-order valence-corrected chi connectivity index (χ4v) is 6.67. The zero-order chi connectivity index (χ0) is 33.1. The molecule has 0 aliphatic rings. The fourth-order valence-electron chi connectivity index (χ4n) is 4.94. The minimum atomic E-state index is -4.30. The highest BCUT2D eigenvalue weighted by Gasteiger charge is 2.35. The number of hydrogen-bond donors (Lipinski definition) is 1. The van der Waals surface area contributed by atoms with Crippen molar-refractivity contribution >= 4 is 50.7 Å². The summed E-state index contributed by atoms with van der Waals surface area (Å²) in [4.78, 5) is 29.8. The van der Waals surface area contributed by atoms with Crippen molar-refractivity contribution < 1.29 is 22.7 Å². The van der Waals surface area contributed by atoms with E-state index in [1.54, 1.807) is 54.6 Å². The molecule has 0 aliphatic carbocycles. The second kappa shape index (κ2) is 16.5. The Hall–Kier alpha value is -4.05. The van der Waals surface area contributed by atoms with Crippen molar-refractivity contribution in [3.63, 3.8) is 0 Å². The summed E-state index contributed by atoms with van der Waals surface area (Å²) >= 11 is 12.5. The molecule has 0 heterocycles. The van der Waals surface area contributed by atoms with Crippen LogP contribution in [0.15, 0.2) is 108 Å². The SMILES string of the molecule is CCCCNC(=O)[C@@H](Cc1ccccc1)N(Cc1ccc(Cl)cc1)C(=O)CN(c1cc(Cl)ccc1OC)S(=O)(=O)c1ccccc1. The lowest BCUT2D eigenvalue weighted by atomic mass is 10.0. The van der Waals surface area contributed by atoms with Crippen LogP contribution in [0, 0.1) is 0 Å². The number of carbonyl (C=O) groups is 2. The minimum absolute atomic E-state index is 0.0211. The molecule has 0 unspecified atom stereocenters. The van der Waals surface area contributed by atoms with Gasteiger partial charge in [-0.2, -0.15) is 0 Å². The zero-order valence-electron chi connectivity index (χ0n) is 25.7. The Labute approximate surface area is 280 Å². The van der Waals surface area contributed by atoms with Crippen LogP contribution in [0.5, 0.6) is 5.75 Å². The molecule has 0 saturated heterocycles. The maximum Gasteiger partial charge on any atom is 0.264 e. The van der Waals surface area contributed by atoms with Crippen molar-refractivity contribution in [2.45, 2.75) is 43.7 Å².